The fourth-order valence-electron chi connectivity index (χ4n) is 2.80. The summed E-state index contributed by atoms with van der Waals surface area (Å²) in [6, 6.07) is -0.281. The second kappa shape index (κ2) is 6.97. The molecule has 0 aromatic rings. The highest BCUT2D eigenvalue weighted by molar-refractivity contribution is 5.73. The molecule has 100 valence electrons. The van der Waals surface area contributed by atoms with Gasteiger partial charge in [-0.3, -0.25) is 9.69 Å². The molecule has 0 aliphatic carbocycles. The van der Waals surface area contributed by atoms with Gasteiger partial charge < -0.3 is 10.0 Å². The predicted octanol–water partition coefficient (Wildman–Crippen LogP) is 1.51. The topological polar surface area (TPSA) is 43.8 Å². The number of aliphatic carboxylic acids is 1. The molecular formula is C13H26N2O2. The van der Waals surface area contributed by atoms with E-state index in [1.54, 1.807) is 0 Å². The Balaban J connectivity index is 2.38. The van der Waals surface area contributed by atoms with Crippen LogP contribution in [0.3, 0.4) is 0 Å². The molecule has 2 unspecified atom stereocenters. The summed E-state index contributed by atoms with van der Waals surface area (Å²) in [4.78, 5) is 15.6. The van der Waals surface area contributed by atoms with E-state index in [2.05, 4.69) is 23.8 Å². The second-order valence-corrected chi connectivity index (χ2v) is 5.17. The van der Waals surface area contributed by atoms with E-state index in [9.17, 15) is 4.79 Å². The van der Waals surface area contributed by atoms with Gasteiger partial charge in [-0.25, -0.2) is 0 Å². The van der Waals surface area contributed by atoms with Crippen molar-refractivity contribution >= 4 is 5.97 Å². The lowest BCUT2D eigenvalue weighted by atomic mass is 10.1. The smallest absolute Gasteiger partial charge is 0.320 e. The Kier molecular flexibility index (Phi) is 5.92. The molecule has 0 spiro atoms. The van der Waals surface area contributed by atoms with Gasteiger partial charge in [-0.1, -0.05) is 13.8 Å². The molecule has 1 heterocycles. The van der Waals surface area contributed by atoms with E-state index >= 15 is 0 Å². The zero-order valence-electron chi connectivity index (χ0n) is 11.4. The molecule has 0 saturated carbocycles. The number of carboxylic acid groups (broad SMARTS) is 1. The first-order chi connectivity index (χ1) is 8.08. The highest BCUT2D eigenvalue weighted by Crippen LogP contribution is 2.20. The quantitative estimate of drug-likeness (QED) is 0.735. The predicted molar refractivity (Wildman–Crippen MR) is 69.2 cm³/mol. The molecule has 0 aromatic heterocycles. The average molecular weight is 242 g/mol. The summed E-state index contributed by atoms with van der Waals surface area (Å²) in [6.45, 7) is 8.26. The first-order valence-corrected chi connectivity index (χ1v) is 6.73. The molecule has 4 heteroatoms. The van der Waals surface area contributed by atoms with Gasteiger partial charge in [0, 0.05) is 13.1 Å². The third-order valence-electron chi connectivity index (χ3n) is 3.61. The molecule has 1 rings (SSSR count). The van der Waals surface area contributed by atoms with Crippen molar-refractivity contribution in [1.82, 2.24) is 9.80 Å². The Morgan fingerprint density at radius 1 is 1.53 bits per heavy atom. The molecular weight excluding hydrogens is 216 g/mol. The van der Waals surface area contributed by atoms with Crippen LogP contribution >= 0.6 is 0 Å². The molecule has 1 fully saturated rings. The van der Waals surface area contributed by atoms with E-state index in [0.717, 1.165) is 32.6 Å². The van der Waals surface area contributed by atoms with Gasteiger partial charge in [0.25, 0.3) is 0 Å². The summed E-state index contributed by atoms with van der Waals surface area (Å²) in [7, 11) is 2.15. The fourth-order valence-corrected chi connectivity index (χ4v) is 2.80. The zero-order valence-corrected chi connectivity index (χ0v) is 11.4. The minimum absolute atomic E-state index is 0.281. The van der Waals surface area contributed by atoms with Crippen molar-refractivity contribution in [3.63, 3.8) is 0 Å². The van der Waals surface area contributed by atoms with Gasteiger partial charge in [0.1, 0.15) is 6.04 Å². The molecule has 1 aliphatic rings. The average Bonchev–Trinajstić information content (AvgIpc) is 2.67. The number of hydrogen-bond acceptors (Lipinski definition) is 3. The van der Waals surface area contributed by atoms with Gasteiger partial charge in [0.05, 0.1) is 0 Å². The molecule has 1 saturated heterocycles. The summed E-state index contributed by atoms with van der Waals surface area (Å²) >= 11 is 0. The number of nitrogens with zero attached hydrogens (tertiary/aromatic N) is 2. The summed E-state index contributed by atoms with van der Waals surface area (Å²) in [6.07, 6.45) is 3.02. The maximum atomic E-state index is 11.1. The van der Waals surface area contributed by atoms with E-state index in [0.29, 0.717) is 12.3 Å². The standard InChI is InChI=1S/C13H26N2O2/c1-4-7-14(3)9-11-6-8-15(10-11)12(5-2)13(16)17/h11-12H,4-10H2,1-3H3,(H,16,17). The maximum absolute atomic E-state index is 11.1. The molecule has 0 amide bonds. The van der Waals surface area contributed by atoms with Crippen LogP contribution in [0, 0.1) is 5.92 Å². The number of hydrogen-bond donors (Lipinski definition) is 1. The molecule has 1 N–H and O–H groups in total. The van der Waals surface area contributed by atoms with Crippen molar-refractivity contribution < 1.29 is 9.90 Å². The first kappa shape index (κ1) is 14.5. The summed E-state index contributed by atoms with van der Waals surface area (Å²) < 4.78 is 0. The van der Waals surface area contributed by atoms with Crippen molar-refractivity contribution in [2.75, 3.05) is 33.2 Å². The Morgan fingerprint density at radius 2 is 2.24 bits per heavy atom. The van der Waals surface area contributed by atoms with E-state index < -0.39 is 5.97 Å². The van der Waals surface area contributed by atoms with Gasteiger partial charge in [-0.05, 0) is 45.3 Å². The second-order valence-electron chi connectivity index (χ2n) is 5.17. The molecule has 0 bridgehead atoms. The number of likely N-dealkylation sites (tertiary alicyclic amines) is 1. The summed E-state index contributed by atoms with van der Waals surface area (Å²) in [5, 5.41) is 9.13. The third-order valence-corrected chi connectivity index (χ3v) is 3.61. The lowest BCUT2D eigenvalue weighted by molar-refractivity contribution is -0.143. The molecule has 1 aliphatic heterocycles. The third kappa shape index (κ3) is 4.28. The van der Waals surface area contributed by atoms with Gasteiger partial charge in [-0.15, -0.1) is 0 Å². The zero-order chi connectivity index (χ0) is 12.8. The van der Waals surface area contributed by atoms with E-state index in [-0.39, 0.29) is 6.04 Å². The number of rotatable bonds is 7. The summed E-state index contributed by atoms with van der Waals surface area (Å²) in [5.41, 5.74) is 0. The normalized spacial score (nSPS) is 23.2. The number of carbonyl (C=O) groups is 1. The van der Waals surface area contributed by atoms with E-state index in [1.807, 2.05) is 6.92 Å². The maximum Gasteiger partial charge on any atom is 0.320 e. The van der Waals surface area contributed by atoms with Crippen LogP contribution in [0.1, 0.15) is 33.1 Å². The fraction of sp³-hybridized carbons (Fsp3) is 0.923. The van der Waals surface area contributed by atoms with Crippen molar-refractivity contribution in [3.8, 4) is 0 Å². The summed E-state index contributed by atoms with van der Waals surface area (Å²) in [5.74, 6) is -0.0324. The number of carboxylic acids is 1. The first-order valence-electron chi connectivity index (χ1n) is 6.73. The monoisotopic (exact) mass is 242 g/mol. The van der Waals surface area contributed by atoms with Crippen LogP contribution in [0.4, 0.5) is 0 Å². The molecule has 0 aromatic carbocycles. The lowest BCUT2D eigenvalue weighted by Crippen LogP contribution is -2.40. The van der Waals surface area contributed by atoms with Crippen molar-refractivity contribution in [1.29, 1.82) is 0 Å². The molecule has 4 nitrogen and oxygen atoms in total. The minimum Gasteiger partial charge on any atom is -0.480 e. The van der Waals surface area contributed by atoms with Crippen LogP contribution in [-0.4, -0.2) is 60.1 Å². The molecule has 2 atom stereocenters. The lowest BCUT2D eigenvalue weighted by Gasteiger charge is -2.24. The van der Waals surface area contributed by atoms with Crippen molar-refractivity contribution in [2.45, 2.75) is 39.2 Å². The molecule has 0 radical (unpaired) electrons. The minimum atomic E-state index is -0.671. The Bertz CT molecular complexity index is 246. The Morgan fingerprint density at radius 3 is 2.76 bits per heavy atom. The Hall–Kier alpha value is -0.610. The van der Waals surface area contributed by atoms with Gasteiger partial charge in [0.15, 0.2) is 0 Å². The SMILES string of the molecule is CCCN(C)CC1CCN(C(CC)C(=O)O)C1. The van der Waals surface area contributed by atoms with Gasteiger partial charge in [-0.2, -0.15) is 0 Å². The van der Waals surface area contributed by atoms with Crippen molar-refractivity contribution in [3.05, 3.63) is 0 Å². The van der Waals surface area contributed by atoms with Crippen LogP contribution in [0.2, 0.25) is 0 Å². The Labute approximate surface area is 105 Å². The van der Waals surface area contributed by atoms with Crippen LogP contribution in [0.5, 0.6) is 0 Å². The largest absolute Gasteiger partial charge is 0.480 e. The van der Waals surface area contributed by atoms with Gasteiger partial charge >= 0.3 is 5.97 Å². The molecule has 17 heavy (non-hydrogen) atoms. The highest BCUT2D eigenvalue weighted by atomic mass is 16.4. The van der Waals surface area contributed by atoms with Crippen LogP contribution in [0.15, 0.2) is 0 Å². The van der Waals surface area contributed by atoms with E-state index in [1.165, 1.54) is 6.42 Å². The van der Waals surface area contributed by atoms with Gasteiger partial charge in [0.2, 0.25) is 0 Å². The van der Waals surface area contributed by atoms with E-state index in [4.69, 9.17) is 5.11 Å². The van der Waals surface area contributed by atoms with Crippen LogP contribution < -0.4 is 0 Å². The van der Waals surface area contributed by atoms with Crippen LogP contribution in [0.25, 0.3) is 0 Å². The van der Waals surface area contributed by atoms with Crippen molar-refractivity contribution in [2.24, 2.45) is 5.92 Å². The highest BCUT2D eigenvalue weighted by Gasteiger charge is 2.31. The van der Waals surface area contributed by atoms with Crippen LogP contribution in [-0.2, 0) is 4.79 Å².